The van der Waals surface area contributed by atoms with Crippen LogP contribution in [-0.2, 0) is 14.5 Å². The van der Waals surface area contributed by atoms with Gasteiger partial charge in [-0.3, -0.25) is 0 Å². The molecule has 2 aliphatic rings. The summed E-state index contributed by atoms with van der Waals surface area (Å²) in [6.45, 7) is 7.31. The second kappa shape index (κ2) is 5.05. The van der Waals surface area contributed by atoms with Crippen molar-refractivity contribution in [2.24, 2.45) is 9.78 Å². The molecule has 1 N–H and O–H groups in total. The van der Waals surface area contributed by atoms with Crippen molar-refractivity contribution in [2.75, 3.05) is 24.6 Å². The van der Waals surface area contributed by atoms with Crippen LogP contribution in [0, 0.1) is 5.41 Å². The molecule has 0 aromatic heterocycles. The number of rotatable bonds is 0. The van der Waals surface area contributed by atoms with E-state index in [1.54, 1.807) is 20.8 Å². The zero-order valence-corrected chi connectivity index (χ0v) is 12.8. The van der Waals surface area contributed by atoms with Gasteiger partial charge in [0.1, 0.15) is 5.60 Å². The van der Waals surface area contributed by atoms with Crippen LogP contribution in [0.5, 0.6) is 0 Å². The first-order valence-electron chi connectivity index (χ1n) is 6.88. The number of piperidine rings is 1. The standard InChI is InChI=1S/C13H24N2O3S/c1-12(2,3)18-11(16)15-19(17)9-6-13(10-19)4-7-14-8-5-13/h14H,4-10H2,1-3H3. The maximum Gasteiger partial charge on any atom is 0.442 e. The summed E-state index contributed by atoms with van der Waals surface area (Å²) in [6.07, 6.45) is 2.31. The third kappa shape index (κ3) is 3.92. The van der Waals surface area contributed by atoms with E-state index in [2.05, 4.69) is 9.68 Å². The molecular weight excluding hydrogens is 264 g/mol. The van der Waals surface area contributed by atoms with Crippen LogP contribution in [0.15, 0.2) is 4.36 Å². The Hall–Kier alpha value is -0.620. The van der Waals surface area contributed by atoms with Crippen LogP contribution in [0.1, 0.15) is 40.0 Å². The van der Waals surface area contributed by atoms with E-state index >= 15 is 0 Å². The first kappa shape index (κ1) is 14.8. The van der Waals surface area contributed by atoms with E-state index < -0.39 is 21.4 Å². The summed E-state index contributed by atoms with van der Waals surface area (Å²) in [5, 5.41) is 3.32. The molecule has 110 valence electrons. The topological polar surface area (TPSA) is 67.8 Å². The average Bonchev–Trinajstić information content (AvgIpc) is 2.53. The quantitative estimate of drug-likeness (QED) is 0.741. The van der Waals surface area contributed by atoms with Gasteiger partial charge in [0.05, 0.1) is 9.73 Å². The van der Waals surface area contributed by atoms with Gasteiger partial charge in [-0.15, -0.1) is 4.36 Å². The lowest BCUT2D eigenvalue weighted by atomic mass is 9.79. The van der Waals surface area contributed by atoms with Crippen molar-refractivity contribution >= 4 is 15.8 Å². The Kier molecular flexibility index (Phi) is 3.93. The first-order chi connectivity index (χ1) is 8.72. The molecule has 2 aliphatic heterocycles. The smallest absolute Gasteiger partial charge is 0.442 e. The molecule has 2 rings (SSSR count). The largest absolute Gasteiger partial charge is 0.442 e. The lowest BCUT2D eigenvalue weighted by Gasteiger charge is -2.32. The van der Waals surface area contributed by atoms with Crippen molar-refractivity contribution in [3.05, 3.63) is 0 Å². The molecule has 5 nitrogen and oxygen atoms in total. The number of nitrogens with one attached hydrogen (secondary N) is 1. The van der Waals surface area contributed by atoms with Gasteiger partial charge in [0.15, 0.2) is 0 Å². The average molecular weight is 288 g/mol. The minimum atomic E-state index is -2.41. The Labute approximate surface area is 115 Å². The SMILES string of the molecule is CC(C)(C)OC(=O)N=S1(=O)CCC2(CCNCC2)C1. The number of hydrogen-bond acceptors (Lipinski definition) is 4. The minimum absolute atomic E-state index is 0.133. The van der Waals surface area contributed by atoms with E-state index in [-0.39, 0.29) is 5.41 Å². The summed E-state index contributed by atoms with van der Waals surface area (Å²) in [5.74, 6) is 1.09. The van der Waals surface area contributed by atoms with Crippen LogP contribution in [0.4, 0.5) is 4.79 Å². The number of amides is 1. The third-order valence-corrected chi connectivity index (χ3v) is 6.17. The Morgan fingerprint density at radius 2 is 1.89 bits per heavy atom. The molecule has 6 heteroatoms. The predicted molar refractivity (Wildman–Crippen MR) is 75.7 cm³/mol. The van der Waals surface area contributed by atoms with Crippen LogP contribution < -0.4 is 5.32 Å². The number of carbonyl (C=O) groups is 1. The van der Waals surface area contributed by atoms with Crippen LogP contribution in [0.3, 0.4) is 0 Å². The van der Waals surface area contributed by atoms with E-state index in [0.717, 1.165) is 32.4 Å². The molecule has 19 heavy (non-hydrogen) atoms. The van der Waals surface area contributed by atoms with E-state index in [1.165, 1.54) is 0 Å². The fourth-order valence-corrected chi connectivity index (χ4v) is 5.60. The van der Waals surface area contributed by atoms with Gasteiger partial charge < -0.3 is 10.1 Å². The molecule has 1 unspecified atom stereocenters. The molecule has 0 aromatic carbocycles. The van der Waals surface area contributed by atoms with E-state index in [9.17, 15) is 9.00 Å². The Balaban J connectivity index is 2.08. The second-order valence-electron chi connectivity index (χ2n) is 6.69. The third-order valence-electron chi connectivity index (χ3n) is 3.78. The first-order valence-corrected chi connectivity index (χ1v) is 8.74. The molecule has 2 fully saturated rings. The van der Waals surface area contributed by atoms with Crippen LogP contribution >= 0.6 is 0 Å². The normalized spacial score (nSPS) is 30.3. The summed E-state index contributed by atoms with van der Waals surface area (Å²) in [6, 6.07) is 0. The van der Waals surface area contributed by atoms with E-state index in [0.29, 0.717) is 11.5 Å². The van der Waals surface area contributed by atoms with Crippen LogP contribution in [-0.4, -0.2) is 40.5 Å². The molecule has 1 amide bonds. The van der Waals surface area contributed by atoms with Crippen molar-refractivity contribution in [1.29, 1.82) is 0 Å². The van der Waals surface area contributed by atoms with Gasteiger partial charge in [0.2, 0.25) is 0 Å². The molecule has 0 aliphatic carbocycles. The molecule has 0 aromatic rings. The fourth-order valence-electron chi connectivity index (χ4n) is 2.84. The zero-order valence-electron chi connectivity index (χ0n) is 12.0. The van der Waals surface area contributed by atoms with Gasteiger partial charge in [-0.2, -0.15) is 0 Å². The molecular formula is C13H24N2O3S. The predicted octanol–water partition coefficient (Wildman–Crippen LogP) is 2.16. The summed E-state index contributed by atoms with van der Waals surface area (Å²) < 4.78 is 21.7. The van der Waals surface area contributed by atoms with Gasteiger partial charge in [-0.05, 0) is 58.5 Å². The van der Waals surface area contributed by atoms with Gasteiger partial charge >= 0.3 is 6.09 Å². The minimum Gasteiger partial charge on any atom is -0.442 e. The number of hydrogen-bond donors (Lipinski definition) is 1. The lowest BCUT2D eigenvalue weighted by molar-refractivity contribution is 0.0607. The summed E-state index contributed by atoms with van der Waals surface area (Å²) in [4.78, 5) is 11.7. The molecule has 1 atom stereocenters. The van der Waals surface area contributed by atoms with Gasteiger partial charge in [0, 0.05) is 11.5 Å². The van der Waals surface area contributed by atoms with Crippen molar-refractivity contribution in [3.8, 4) is 0 Å². The molecule has 0 saturated carbocycles. The monoisotopic (exact) mass is 288 g/mol. The Morgan fingerprint density at radius 3 is 2.47 bits per heavy atom. The van der Waals surface area contributed by atoms with Crippen LogP contribution in [0.2, 0.25) is 0 Å². The van der Waals surface area contributed by atoms with Gasteiger partial charge in [-0.25, -0.2) is 9.00 Å². The zero-order chi connectivity index (χ0) is 14.1. The molecule has 2 heterocycles. The number of carbonyl (C=O) groups excluding carboxylic acids is 1. The maximum atomic E-state index is 12.7. The van der Waals surface area contributed by atoms with Crippen molar-refractivity contribution in [2.45, 2.75) is 45.6 Å². The molecule has 2 saturated heterocycles. The highest BCUT2D eigenvalue weighted by Gasteiger charge is 2.42. The van der Waals surface area contributed by atoms with E-state index in [4.69, 9.17) is 4.74 Å². The number of ether oxygens (including phenoxy) is 1. The Bertz CT molecular complexity index is 467. The van der Waals surface area contributed by atoms with Gasteiger partial charge in [0.25, 0.3) is 0 Å². The molecule has 1 spiro atoms. The summed E-state index contributed by atoms with van der Waals surface area (Å²) in [7, 11) is -2.41. The Morgan fingerprint density at radius 1 is 1.26 bits per heavy atom. The highest BCUT2D eigenvalue weighted by Crippen LogP contribution is 2.40. The lowest BCUT2D eigenvalue weighted by Crippen LogP contribution is -2.37. The maximum absolute atomic E-state index is 12.7. The van der Waals surface area contributed by atoms with Crippen molar-refractivity contribution in [1.82, 2.24) is 5.32 Å². The van der Waals surface area contributed by atoms with Crippen molar-refractivity contribution < 1.29 is 13.7 Å². The van der Waals surface area contributed by atoms with Crippen molar-refractivity contribution in [3.63, 3.8) is 0 Å². The highest BCUT2D eigenvalue weighted by atomic mass is 32.2. The van der Waals surface area contributed by atoms with Crippen LogP contribution in [0.25, 0.3) is 0 Å². The summed E-state index contributed by atoms with van der Waals surface area (Å²) >= 11 is 0. The fraction of sp³-hybridized carbons (Fsp3) is 0.923. The number of nitrogens with zero attached hydrogens (tertiary/aromatic N) is 1. The van der Waals surface area contributed by atoms with E-state index in [1.807, 2.05) is 0 Å². The molecule has 0 radical (unpaired) electrons. The molecule has 0 bridgehead atoms. The highest BCUT2D eigenvalue weighted by molar-refractivity contribution is 7.94. The van der Waals surface area contributed by atoms with Gasteiger partial charge in [-0.1, -0.05) is 0 Å². The summed E-state index contributed by atoms with van der Waals surface area (Å²) in [5.41, 5.74) is -0.449. The second-order valence-corrected chi connectivity index (χ2v) is 9.12.